The number of nitrogens with one attached hydrogen (secondary N) is 1. The molecule has 3 N–H and O–H groups in total. The molecule has 2 unspecified atom stereocenters. The van der Waals surface area contributed by atoms with E-state index in [1.165, 1.54) is 11.8 Å². The summed E-state index contributed by atoms with van der Waals surface area (Å²) in [5.74, 6) is 6.05. The van der Waals surface area contributed by atoms with Gasteiger partial charge in [-0.25, -0.2) is 12.7 Å². The maximum atomic E-state index is 11.7. The molecule has 21 heavy (non-hydrogen) atoms. The van der Waals surface area contributed by atoms with E-state index < -0.39 is 10.0 Å². The molecular formula is C15H25N3O2S. The molecule has 1 aromatic rings. The zero-order chi connectivity index (χ0) is 15.5. The van der Waals surface area contributed by atoms with Crippen LogP contribution in [-0.4, -0.2) is 32.1 Å². The Kier molecular flexibility index (Phi) is 5.37. The summed E-state index contributed by atoms with van der Waals surface area (Å²) in [5.41, 5.74) is 5.24. The summed E-state index contributed by atoms with van der Waals surface area (Å²) in [6.45, 7) is 3.30. The van der Waals surface area contributed by atoms with Crippen molar-refractivity contribution in [2.45, 2.75) is 32.2 Å². The Labute approximate surface area is 127 Å². The van der Waals surface area contributed by atoms with Gasteiger partial charge in [0.25, 0.3) is 0 Å². The van der Waals surface area contributed by atoms with Crippen LogP contribution in [0.4, 0.5) is 0 Å². The molecule has 118 valence electrons. The summed E-state index contributed by atoms with van der Waals surface area (Å²) < 4.78 is 25.0. The topological polar surface area (TPSA) is 75.4 Å². The molecule has 0 spiro atoms. The Hall–Kier alpha value is -0.950. The van der Waals surface area contributed by atoms with E-state index in [4.69, 9.17) is 5.84 Å². The number of aryl methyl sites for hydroxylation is 1. The van der Waals surface area contributed by atoms with Gasteiger partial charge in [-0.15, -0.1) is 0 Å². The molecule has 0 saturated carbocycles. The molecule has 0 aliphatic carbocycles. The van der Waals surface area contributed by atoms with Crippen LogP contribution in [0.5, 0.6) is 0 Å². The summed E-state index contributed by atoms with van der Waals surface area (Å²) in [4.78, 5) is 0. The van der Waals surface area contributed by atoms with E-state index >= 15 is 0 Å². The molecule has 1 aliphatic heterocycles. The molecule has 2 rings (SSSR count). The molecule has 0 radical (unpaired) electrons. The van der Waals surface area contributed by atoms with E-state index in [1.807, 2.05) is 6.07 Å². The van der Waals surface area contributed by atoms with Crippen molar-refractivity contribution in [3.63, 3.8) is 0 Å². The van der Waals surface area contributed by atoms with E-state index in [-0.39, 0.29) is 6.04 Å². The number of hydrazine groups is 1. The van der Waals surface area contributed by atoms with Crippen LogP contribution in [0.3, 0.4) is 0 Å². The highest BCUT2D eigenvalue weighted by molar-refractivity contribution is 7.88. The van der Waals surface area contributed by atoms with Gasteiger partial charge in [0.2, 0.25) is 10.0 Å². The number of benzene rings is 1. The lowest BCUT2D eigenvalue weighted by Gasteiger charge is -2.33. The summed E-state index contributed by atoms with van der Waals surface area (Å²) in [6.07, 6.45) is 4.11. The molecule has 1 aliphatic rings. The van der Waals surface area contributed by atoms with E-state index in [2.05, 4.69) is 30.5 Å². The van der Waals surface area contributed by atoms with Crippen molar-refractivity contribution < 1.29 is 8.42 Å². The predicted molar refractivity (Wildman–Crippen MR) is 85.0 cm³/mol. The quantitative estimate of drug-likeness (QED) is 0.639. The van der Waals surface area contributed by atoms with Crippen LogP contribution < -0.4 is 11.3 Å². The molecule has 1 aromatic carbocycles. The van der Waals surface area contributed by atoms with Crippen LogP contribution in [0.15, 0.2) is 24.3 Å². The first-order chi connectivity index (χ1) is 9.90. The Morgan fingerprint density at radius 3 is 2.86 bits per heavy atom. The van der Waals surface area contributed by atoms with Crippen LogP contribution in [-0.2, 0) is 10.0 Å². The summed E-state index contributed by atoms with van der Waals surface area (Å²) >= 11 is 0. The fraction of sp³-hybridized carbons (Fsp3) is 0.600. The van der Waals surface area contributed by atoms with Gasteiger partial charge in [-0.3, -0.25) is 11.3 Å². The molecule has 1 heterocycles. The van der Waals surface area contributed by atoms with Crippen molar-refractivity contribution in [3.05, 3.63) is 35.4 Å². The first kappa shape index (κ1) is 16.4. The first-order valence-corrected chi connectivity index (χ1v) is 9.23. The number of hydrogen-bond acceptors (Lipinski definition) is 4. The number of rotatable bonds is 5. The SMILES string of the molecule is Cc1cccc(C(CC2CCCN(S(C)(=O)=O)C2)NN)c1. The zero-order valence-electron chi connectivity index (χ0n) is 12.7. The van der Waals surface area contributed by atoms with Gasteiger partial charge < -0.3 is 0 Å². The predicted octanol–water partition coefficient (Wildman–Crippen LogP) is 1.56. The molecule has 5 nitrogen and oxygen atoms in total. The van der Waals surface area contributed by atoms with Crippen LogP contribution in [0.25, 0.3) is 0 Å². The minimum atomic E-state index is -3.09. The normalized spacial score (nSPS) is 22.1. The summed E-state index contributed by atoms with van der Waals surface area (Å²) in [5, 5.41) is 0. The van der Waals surface area contributed by atoms with Crippen molar-refractivity contribution in [2.75, 3.05) is 19.3 Å². The van der Waals surface area contributed by atoms with Gasteiger partial charge in [0, 0.05) is 19.1 Å². The number of hydrogen-bond donors (Lipinski definition) is 2. The van der Waals surface area contributed by atoms with Crippen molar-refractivity contribution in [2.24, 2.45) is 11.8 Å². The summed E-state index contributed by atoms with van der Waals surface area (Å²) in [7, 11) is -3.09. The monoisotopic (exact) mass is 311 g/mol. The number of sulfonamides is 1. The molecule has 0 amide bonds. The van der Waals surface area contributed by atoms with E-state index in [1.54, 1.807) is 4.31 Å². The second-order valence-electron chi connectivity index (χ2n) is 6.00. The van der Waals surface area contributed by atoms with Crippen molar-refractivity contribution in [1.82, 2.24) is 9.73 Å². The van der Waals surface area contributed by atoms with Gasteiger partial charge in [-0.05, 0) is 37.7 Å². The molecule has 1 fully saturated rings. The second kappa shape index (κ2) is 6.87. The van der Waals surface area contributed by atoms with E-state index in [0.717, 1.165) is 24.8 Å². The first-order valence-electron chi connectivity index (χ1n) is 7.38. The Balaban J connectivity index is 2.05. The number of piperidine rings is 1. The van der Waals surface area contributed by atoms with Gasteiger partial charge in [0.15, 0.2) is 0 Å². The second-order valence-corrected chi connectivity index (χ2v) is 7.98. The van der Waals surface area contributed by atoms with Crippen molar-refractivity contribution in [3.8, 4) is 0 Å². The summed E-state index contributed by atoms with van der Waals surface area (Å²) in [6, 6.07) is 8.34. The van der Waals surface area contributed by atoms with Crippen LogP contribution in [0.1, 0.15) is 36.4 Å². The van der Waals surface area contributed by atoms with Gasteiger partial charge in [-0.1, -0.05) is 29.8 Å². The van der Waals surface area contributed by atoms with Gasteiger partial charge in [-0.2, -0.15) is 0 Å². The third-order valence-electron chi connectivity index (χ3n) is 4.17. The number of nitrogens with zero attached hydrogens (tertiary/aromatic N) is 1. The third kappa shape index (κ3) is 4.51. The van der Waals surface area contributed by atoms with Crippen LogP contribution in [0, 0.1) is 12.8 Å². The highest BCUT2D eigenvalue weighted by Crippen LogP contribution is 2.28. The maximum Gasteiger partial charge on any atom is 0.211 e. The standard InChI is InChI=1S/C15H25N3O2S/c1-12-5-3-7-14(9-12)15(17-16)10-13-6-4-8-18(11-13)21(2,19)20/h3,5,7,9,13,15,17H,4,6,8,10-11,16H2,1-2H3. The lowest BCUT2D eigenvalue weighted by molar-refractivity contribution is 0.238. The highest BCUT2D eigenvalue weighted by Gasteiger charge is 2.27. The van der Waals surface area contributed by atoms with Gasteiger partial charge >= 0.3 is 0 Å². The van der Waals surface area contributed by atoms with Gasteiger partial charge in [0.05, 0.1) is 6.26 Å². The Morgan fingerprint density at radius 1 is 1.48 bits per heavy atom. The average molecular weight is 311 g/mol. The van der Waals surface area contributed by atoms with Crippen LogP contribution in [0.2, 0.25) is 0 Å². The molecule has 6 heteroatoms. The molecule has 1 saturated heterocycles. The average Bonchev–Trinajstić information content (AvgIpc) is 2.44. The molecule has 2 atom stereocenters. The van der Waals surface area contributed by atoms with Crippen molar-refractivity contribution >= 4 is 10.0 Å². The lowest BCUT2D eigenvalue weighted by atomic mass is 9.89. The van der Waals surface area contributed by atoms with E-state index in [9.17, 15) is 8.42 Å². The van der Waals surface area contributed by atoms with E-state index in [0.29, 0.717) is 19.0 Å². The fourth-order valence-electron chi connectivity index (χ4n) is 3.04. The third-order valence-corrected chi connectivity index (χ3v) is 5.44. The zero-order valence-corrected chi connectivity index (χ0v) is 13.6. The lowest BCUT2D eigenvalue weighted by Crippen LogP contribution is -2.41. The minimum absolute atomic E-state index is 0.0643. The Bertz CT molecular complexity index is 574. The molecular weight excluding hydrogens is 286 g/mol. The van der Waals surface area contributed by atoms with Crippen LogP contribution >= 0.6 is 0 Å². The largest absolute Gasteiger partial charge is 0.271 e. The minimum Gasteiger partial charge on any atom is -0.271 e. The smallest absolute Gasteiger partial charge is 0.211 e. The molecule has 0 bridgehead atoms. The fourth-order valence-corrected chi connectivity index (χ4v) is 3.98. The highest BCUT2D eigenvalue weighted by atomic mass is 32.2. The molecule has 0 aromatic heterocycles. The maximum absolute atomic E-state index is 11.7. The number of nitrogens with two attached hydrogens (primary N) is 1. The van der Waals surface area contributed by atoms with Crippen molar-refractivity contribution in [1.29, 1.82) is 0 Å². The Morgan fingerprint density at radius 2 is 2.24 bits per heavy atom. The van der Waals surface area contributed by atoms with Gasteiger partial charge in [0.1, 0.15) is 0 Å².